The number of carbonyl (C=O) groups is 2. The summed E-state index contributed by atoms with van der Waals surface area (Å²) in [4.78, 5) is 30.7. The number of likely N-dealkylation sites (tertiary alicyclic amines) is 1. The molecule has 0 aromatic heterocycles. The Morgan fingerprint density at radius 1 is 1.03 bits per heavy atom. The van der Waals surface area contributed by atoms with Crippen molar-refractivity contribution in [3.63, 3.8) is 0 Å². The first-order valence-corrected chi connectivity index (χ1v) is 10.5. The normalized spacial score (nSPS) is 17.4. The van der Waals surface area contributed by atoms with Crippen LogP contribution in [0.3, 0.4) is 0 Å². The van der Waals surface area contributed by atoms with Gasteiger partial charge in [-0.15, -0.1) is 0 Å². The van der Waals surface area contributed by atoms with E-state index in [1.54, 1.807) is 41.0 Å². The van der Waals surface area contributed by atoms with Crippen LogP contribution in [0.5, 0.6) is 0 Å². The zero-order chi connectivity index (χ0) is 22.0. The van der Waals surface area contributed by atoms with E-state index in [4.69, 9.17) is 0 Å². The third kappa shape index (κ3) is 4.78. The number of nitrogens with zero attached hydrogens (tertiary/aromatic N) is 3. The van der Waals surface area contributed by atoms with Gasteiger partial charge in [-0.3, -0.25) is 0 Å². The van der Waals surface area contributed by atoms with E-state index in [-0.39, 0.29) is 29.7 Å². The van der Waals surface area contributed by atoms with E-state index in [2.05, 4.69) is 5.32 Å². The first-order valence-electron chi connectivity index (χ1n) is 10.5. The summed E-state index contributed by atoms with van der Waals surface area (Å²) in [6.07, 6.45) is 1.40. The molecule has 2 aromatic carbocycles. The lowest BCUT2D eigenvalue weighted by Crippen LogP contribution is -2.49. The molecule has 0 radical (unpaired) electrons. The highest BCUT2D eigenvalue weighted by Gasteiger charge is 2.36. The molecular formula is C23H26F2N4O2. The predicted molar refractivity (Wildman–Crippen MR) is 114 cm³/mol. The van der Waals surface area contributed by atoms with Gasteiger partial charge in [-0.25, -0.2) is 18.4 Å². The van der Waals surface area contributed by atoms with E-state index in [0.717, 1.165) is 5.56 Å². The summed E-state index contributed by atoms with van der Waals surface area (Å²) in [7, 11) is 0. The minimum absolute atomic E-state index is 0.0117. The van der Waals surface area contributed by atoms with Crippen molar-refractivity contribution in [3.05, 3.63) is 65.2 Å². The molecule has 31 heavy (non-hydrogen) atoms. The van der Waals surface area contributed by atoms with Crippen LogP contribution in [-0.4, -0.2) is 59.0 Å². The molecule has 2 fully saturated rings. The minimum Gasteiger partial charge on any atom is -0.324 e. The molecule has 0 saturated carbocycles. The van der Waals surface area contributed by atoms with Crippen molar-refractivity contribution in [2.75, 3.05) is 31.5 Å². The summed E-state index contributed by atoms with van der Waals surface area (Å²) in [5.41, 5.74) is 1.86. The third-order valence-electron chi connectivity index (χ3n) is 6.03. The van der Waals surface area contributed by atoms with Crippen LogP contribution in [-0.2, 0) is 6.54 Å². The van der Waals surface area contributed by atoms with Crippen molar-refractivity contribution in [2.24, 2.45) is 0 Å². The fraction of sp³-hybridized carbons (Fsp3) is 0.391. The Hall–Kier alpha value is -3.16. The van der Waals surface area contributed by atoms with Crippen molar-refractivity contribution >= 4 is 17.7 Å². The monoisotopic (exact) mass is 428 g/mol. The fourth-order valence-corrected chi connectivity index (χ4v) is 4.15. The van der Waals surface area contributed by atoms with Crippen LogP contribution >= 0.6 is 0 Å². The van der Waals surface area contributed by atoms with Crippen molar-refractivity contribution in [1.82, 2.24) is 14.7 Å². The van der Waals surface area contributed by atoms with Gasteiger partial charge in [0.15, 0.2) is 0 Å². The van der Waals surface area contributed by atoms with E-state index in [1.165, 1.54) is 18.2 Å². The number of halogens is 2. The maximum absolute atomic E-state index is 13.7. The number of rotatable bonds is 4. The largest absolute Gasteiger partial charge is 0.324 e. The van der Waals surface area contributed by atoms with Crippen LogP contribution in [0.15, 0.2) is 42.5 Å². The number of piperidine rings is 1. The van der Waals surface area contributed by atoms with Crippen LogP contribution < -0.4 is 5.32 Å². The number of hydrogen-bond donors (Lipinski definition) is 1. The molecule has 2 aliphatic rings. The summed E-state index contributed by atoms with van der Waals surface area (Å²) in [6.45, 7) is 4.49. The van der Waals surface area contributed by atoms with Gasteiger partial charge in [0, 0.05) is 44.5 Å². The zero-order valence-corrected chi connectivity index (χ0v) is 17.5. The molecule has 0 unspecified atom stereocenters. The zero-order valence-electron chi connectivity index (χ0n) is 17.5. The molecule has 0 bridgehead atoms. The van der Waals surface area contributed by atoms with Gasteiger partial charge in [-0.2, -0.15) is 0 Å². The maximum atomic E-state index is 13.7. The second-order valence-corrected chi connectivity index (χ2v) is 8.14. The lowest BCUT2D eigenvalue weighted by atomic mass is 10.0. The Bertz CT molecular complexity index is 959. The highest BCUT2D eigenvalue weighted by atomic mass is 19.1. The smallest absolute Gasteiger partial charge is 0.321 e. The van der Waals surface area contributed by atoms with E-state index < -0.39 is 0 Å². The number of anilines is 1. The predicted octanol–water partition coefficient (Wildman–Crippen LogP) is 4.21. The molecule has 2 aromatic rings. The third-order valence-corrected chi connectivity index (χ3v) is 6.03. The van der Waals surface area contributed by atoms with Gasteiger partial charge in [0.2, 0.25) is 0 Å². The number of amides is 4. The molecule has 2 saturated heterocycles. The fourth-order valence-electron chi connectivity index (χ4n) is 4.15. The number of benzene rings is 2. The highest BCUT2D eigenvalue weighted by Crippen LogP contribution is 2.23. The maximum Gasteiger partial charge on any atom is 0.321 e. The van der Waals surface area contributed by atoms with Crippen molar-refractivity contribution in [3.8, 4) is 0 Å². The molecule has 2 heterocycles. The van der Waals surface area contributed by atoms with Crippen LogP contribution in [0.2, 0.25) is 0 Å². The first kappa shape index (κ1) is 21.1. The Kier molecular flexibility index (Phi) is 6.06. The van der Waals surface area contributed by atoms with E-state index in [1.807, 2.05) is 4.90 Å². The molecule has 0 atom stereocenters. The van der Waals surface area contributed by atoms with Crippen LogP contribution in [0, 0.1) is 18.6 Å². The molecule has 164 valence electrons. The molecule has 4 rings (SSSR count). The lowest BCUT2D eigenvalue weighted by Gasteiger charge is -2.36. The number of carbonyl (C=O) groups excluding carboxylic acids is 2. The molecule has 0 spiro atoms. The second-order valence-electron chi connectivity index (χ2n) is 8.14. The quantitative estimate of drug-likeness (QED) is 0.793. The number of aryl methyl sites for hydroxylation is 1. The van der Waals surface area contributed by atoms with Gasteiger partial charge in [0.25, 0.3) is 0 Å². The summed E-state index contributed by atoms with van der Waals surface area (Å²) < 4.78 is 26.8. The van der Waals surface area contributed by atoms with Gasteiger partial charge < -0.3 is 20.0 Å². The number of nitrogens with one attached hydrogen (secondary N) is 1. The van der Waals surface area contributed by atoms with Crippen molar-refractivity contribution in [1.29, 1.82) is 0 Å². The minimum atomic E-state index is -0.353. The summed E-state index contributed by atoms with van der Waals surface area (Å²) in [5.74, 6) is -0.643. The van der Waals surface area contributed by atoms with Crippen molar-refractivity contribution < 1.29 is 18.4 Å². The molecule has 8 heteroatoms. The van der Waals surface area contributed by atoms with E-state index in [0.29, 0.717) is 56.8 Å². The topological polar surface area (TPSA) is 55.9 Å². The molecule has 4 amide bonds. The Morgan fingerprint density at radius 2 is 1.74 bits per heavy atom. The van der Waals surface area contributed by atoms with E-state index >= 15 is 0 Å². The number of hydrogen-bond acceptors (Lipinski definition) is 2. The Balaban J connectivity index is 1.28. The Labute approximate surface area is 180 Å². The first-order chi connectivity index (χ1) is 14.9. The molecule has 6 nitrogen and oxygen atoms in total. The Morgan fingerprint density at radius 3 is 2.42 bits per heavy atom. The second kappa shape index (κ2) is 8.91. The average molecular weight is 428 g/mol. The summed E-state index contributed by atoms with van der Waals surface area (Å²) in [5, 5.41) is 2.74. The summed E-state index contributed by atoms with van der Waals surface area (Å²) in [6, 6.07) is 10.7. The van der Waals surface area contributed by atoms with E-state index in [9.17, 15) is 18.4 Å². The number of urea groups is 2. The van der Waals surface area contributed by atoms with Gasteiger partial charge >= 0.3 is 12.1 Å². The SMILES string of the molecule is Cc1ccc(NC(=O)N2CCC(N3CCN(Cc4ccc(F)cc4)C3=O)CC2)cc1F. The standard InChI is InChI=1S/C23H26F2N4O2/c1-16-2-7-19(14-21(16)25)26-22(30)27-10-8-20(9-11-27)29-13-12-28(23(29)31)15-17-3-5-18(24)6-4-17/h2-7,14,20H,8-13,15H2,1H3,(H,26,30). The molecule has 0 aliphatic carbocycles. The molecule has 1 N–H and O–H groups in total. The molecule has 2 aliphatic heterocycles. The summed E-state index contributed by atoms with van der Waals surface area (Å²) >= 11 is 0. The molecular weight excluding hydrogens is 402 g/mol. The van der Waals surface area contributed by atoms with Crippen LogP contribution in [0.1, 0.15) is 24.0 Å². The highest BCUT2D eigenvalue weighted by molar-refractivity contribution is 5.89. The van der Waals surface area contributed by atoms with Gasteiger partial charge in [-0.05, 0) is 55.2 Å². The van der Waals surface area contributed by atoms with Gasteiger partial charge in [0.05, 0.1) is 0 Å². The van der Waals surface area contributed by atoms with Gasteiger partial charge in [-0.1, -0.05) is 18.2 Å². The van der Waals surface area contributed by atoms with Gasteiger partial charge in [0.1, 0.15) is 11.6 Å². The van der Waals surface area contributed by atoms with Crippen LogP contribution in [0.4, 0.5) is 24.1 Å². The average Bonchev–Trinajstić information content (AvgIpc) is 3.12. The van der Waals surface area contributed by atoms with Crippen LogP contribution in [0.25, 0.3) is 0 Å². The van der Waals surface area contributed by atoms with Crippen molar-refractivity contribution in [2.45, 2.75) is 32.4 Å². The lowest BCUT2D eigenvalue weighted by molar-refractivity contribution is 0.139.